The fourth-order valence-electron chi connectivity index (χ4n) is 2.22. The first kappa shape index (κ1) is 18.8. The second-order valence-electron chi connectivity index (χ2n) is 5.39. The molecular formula is C16H15N5O4S2. The number of nitrogens with one attached hydrogen (secondary N) is 3. The van der Waals surface area contributed by atoms with Crippen LogP contribution in [0.25, 0.3) is 11.3 Å². The number of anilines is 1. The number of aromatic amines is 1. The zero-order valence-corrected chi connectivity index (χ0v) is 15.6. The van der Waals surface area contributed by atoms with E-state index in [1.807, 2.05) is 0 Å². The summed E-state index contributed by atoms with van der Waals surface area (Å²) in [6.07, 6.45) is 1.60. The van der Waals surface area contributed by atoms with Gasteiger partial charge in [-0.2, -0.15) is 0 Å². The number of thiazole rings is 1. The molecular weight excluding hydrogens is 390 g/mol. The van der Waals surface area contributed by atoms with E-state index in [0.717, 1.165) is 0 Å². The summed E-state index contributed by atoms with van der Waals surface area (Å²) in [7, 11) is -2.25. The Balaban J connectivity index is 1.73. The van der Waals surface area contributed by atoms with Gasteiger partial charge in [-0.1, -0.05) is 0 Å². The van der Waals surface area contributed by atoms with Crippen molar-refractivity contribution in [3.8, 4) is 11.3 Å². The van der Waals surface area contributed by atoms with Crippen LogP contribution in [-0.2, 0) is 10.0 Å². The van der Waals surface area contributed by atoms with Crippen molar-refractivity contribution in [3.05, 3.63) is 53.2 Å². The van der Waals surface area contributed by atoms with E-state index in [1.165, 1.54) is 42.6 Å². The van der Waals surface area contributed by atoms with E-state index in [2.05, 4.69) is 20.0 Å². The van der Waals surface area contributed by atoms with Crippen molar-refractivity contribution < 1.29 is 18.0 Å². The van der Waals surface area contributed by atoms with Crippen LogP contribution in [0, 0.1) is 0 Å². The SMILES string of the molecule is CNS(=O)(=O)c1ccc(C(=O)Nc2nc(-c3c[nH]c(C(N)=O)c3)cs2)cc1. The number of hydrogen-bond donors (Lipinski definition) is 4. The van der Waals surface area contributed by atoms with Gasteiger partial charge < -0.3 is 10.7 Å². The van der Waals surface area contributed by atoms with Crippen molar-refractivity contribution in [2.75, 3.05) is 12.4 Å². The lowest BCUT2D eigenvalue weighted by atomic mass is 10.2. The average molecular weight is 405 g/mol. The second kappa shape index (κ2) is 7.31. The predicted molar refractivity (Wildman–Crippen MR) is 101 cm³/mol. The van der Waals surface area contributed by atoms with Crippen molar-refractivity contribution >= 4 is 38.3 Å². The lowest BCUT2D eigenvalue weighted by Crippen LogP contribution is -2.19. The van der Waals surface area contributed by atoms with E-state index in [9.17, 15) is 18.0 Å². The van der Waals surface area contributed by atoms with E-state index < -0.39 is 21.8 Å². The monoisotopic (exact) mass is 405 g/mol. The molecule has 0 unspecified atom stereocenters. The zero-order chi connectivity index (χ0) is 19.6. The van der Waals surface area contributed by atoms with Gasteiger partial charge in [0, 0.05) is 22.7 Å². The molecule has 9 nitrogen and oxygen atoms in total. The molecule has 140 valence electrons. The van der Waals surface area contributed by atoms with Crippen LogP contribution < -0.4 is 15.8 Å². The van der Waals surface area contributed by atoms with Gasteiger partial charge in [0.15, 0.2) is 5.13 Å². The van der Waals surface area contributed by atoms with Crippen LogP contribution in [-0.4, -0.2) is 37.2 Å². The molecule has 2 heterocycles. The number of hydrogen-bond acceptors (Lipinski definition) is 6. The normalized spacial score (nSPS) is 11.3. The quantitative estimate of drug-likeness (QED) is 0.489. The summed E-state index contributed by atoms with van der Waals surface area (Å²) in [5, 5.41) is 4.74. The number of H-pyrrole nitrogens is 1. The molecule has 0 aliphatic rings. The Hall–Kier alpha value is -3.02. The standard InChI is InChI=1S/C16H15N5O4S2/c1-18-27(24,25)11-4-2-9(3-5-11)15(23)21-16-20-13(8-26-16)10-6-12(14(17)22)19-7-10/h2-8,18-19H,1H3,(H2,17,22)(H,20,21,23). The molecule has 1 aromatic carbocycles. The van der Waals surface area contributed by atoms with Gasteiger partial charge in [-0.25, -0.2) is 18.1 Å². The summed E-state index contributed by atoms with van der Waals surface area (Å²) < 4.78 is 25.6. The van der Waals surface area contributed by atoms with Crippen LogP contribution >= 0.6 is 11.3 Å². The number of aromatic nitrogens is 2. The lowest BCUT2D eigenvalue weighted by molar-refractivity contribution is 0.0994. The number of carbonyl (C=O) groups is 2. The minimum atomic E-state index is -3.56. The zero-order valence-electron chi connectivity index (χ0n) is 14.0. The highest BCUT2D eigenvalue weighted by Gasteiger charge is 2.14. The van der Waals surface area contributed by atoms with Gasteiger partial charge >= 0.3 is 0 Å². The van der Waals surface area contributed by atoms with E-state index in [0.29, 0.717) is 22.0 Å². The maximum absolute atomic E-state index is 12.3. The Kier molecular flexibility index (Phi) is 5.08. The molecule has 2 aromatic heterocycles. The molecule has 0 saturated carbocycles. The van der Waals surface area contributed by atoms with Gasteiger partial charge in [-0.15, -0.1) is 11.3 Å². The van der Waals surface area contributed by atoms with Crippen molar-refractivity contribution in [2.24, 2.45) is 5.73 Å². The Labute approximate surface area is 158 Å². The minimum absolute atomic E-state index is 0.0656. The van der Waals surface area contributed by atoms with E-state index in [1.54, 1.807) is 17.6 Å². The van der Waals surface area contributed by atoms with Crippen LogP contribution in [0.4, 0.5) is 5.13 Å². The fourth-order valence-corrected chi connectivity index (χ4v) is 3.67. The molecule has 11 heteroatoms. The number of nitrogens with zero attached hydrogens (tertiary/aromatic N) is 1. The molecule has 0 fully saturated rings. The number of benzene rings is 1. The first-order chi connectivity index (χ1) is 12.8. The van der Waals surface area contributed by atoms with Crippen LogP contribution in [0.2, 0.25) is 0 Å². The third-order valence-electron chi connectivity index (χ3n) is 3.66. The van der Waals surface area contributed by atoms with Crippen molar-refractivity contribution in [1.82, 2.24) is 14.7 Å². The number of rotatable bonds is 6. The molecule has 0 atom stereocenters. The van der Waals surface area contributed by atoms with Crippen LogP contribution in [0.15, 0.2) is 46.8 Å². The molecule has 0 saturated heterocycles. The van der Waals surface area contributed by atoms with Crippen LogP contribution in [0.1, 0.15) is 20.8 Å². The Morgan fingerprint density at radius 3 is 2.52 bits per heavy atom. The second-order valence-corrected chi connectivity index (χ2v) is 8.13. The number of carbonyl (C=O) groups excluding carboxylic acids is 2. The van der Waals surface area contributed by atoms with Crippen molar-refractivity contribution in [3.63, 3.8) is 0 Å². The predicted octanol–water partition coefficient (Wildman–Crippen LogP) is 1.40. The number of amides is 2. The topological polar surface area (TPSA) is 147 Å². The first-order valence-electron chi connectivity index (χ1n) is 7.59. The maximum Gasteiger partial charge on any atom is 0.265 e. The summed E-state index contributed by atoms with van der Waals surface area (Å²) in [6.45, 7) is 0. The molecule has 3 aromatic rings. The van der Waals surface area contributed by atoms with Gasteiger partial charge in [0.25, 0.3) is 11.8 Å². The van der Waals surface area contributed by atoms with Crippen molar-refractivity contribution in [1.29, 1.82) is 0 Å². The van der Waals surface area contributed by atoms with E-state index in [4.69, 9.17) is 5.73 Å². The summed E-state index contributed by atoms with van der Waals surface area (Å²) in [6, 6.07) is 7.10. The highest BCUT2D eigenvalue weighted by molar-refractivity contribution is 7.89. The summed E-state index contributed by atoms with van der Waals surface area (Å²) >= 11 is 1.22. The highest BCUT2D eigenvalue weighted by Crippen LogP contribution is 2.26. The fraction of sp³-hybridized carbons (Fsp3) is 0.0625. The third-order valence-corrected chi connectivity index (χ3v) is 5.85. The smallest absolute Gasteiger partial charge is 0.265 e. The molecule has 0 aliphatic heterocycles. The number of nitrogens with two attached hydrogens (primary N) is 1. The Bertz CT molecular complexity index is 1100. The van der Waals surface area contributed by atoms with Gasteiger partial charge in [-0.3, -0.25) is 14.9 Å². The molecule has 5 N–H and O–H groups in total. The van der Waals surface area contributed by atoms with Gasteiger partial charge in [-0.05, 0) is 37.4 Å². The number of sulfonamides is 1. The molecule has 0 aliphatic carbocycles. The lowest BCUT2D eigenvalue weighted by Gasteiger charge is -2.04. The van der Waals surface area contributed by atoms with E-state index >= 15 is 0 Å². The summed E-state index contributed by atoms with van der Waals surface area (Å²) in [4.78, 5) is 30.6. The molecule has 27 heavy (non-hydrogen) atoms. The Morgan fingerprint density at radius 1 is 1.22 bits per heavy atom. The summed E-state index contributed by atoms with van der Waals surface area (Å²) in [5.41, 5.74) is 7.00. The van der Waals surface area contributed by atoms with Crippen molar-refractivity contribution in [2.45, 2.75) is 4.90 Å². The molecule has 3 rings (SSSR count). The van der Waals surface area contributed by atoms with Gasteiger partial charge in [0.1, 0.15) is 5.69 Å². The molecule has 0 radical (unpaired) electrons. The van der Waals surface area contributed by atoms with Gasteiger partial charge in [0.2, 0.25) is 10.0 Å². The van der Waals surface area contributed by atoms with Crippen LogP contribution in [0.5, 0.6) is 0 Å². The molecule has 2 amide bonds. The summed E-state index contributed by atoms with van der Waals surface area (Å²) in [5.74, 6) is -0.995. The van der Waals surface area contributed by atoms with Gasteiger partial charge in [0.05, 0.1) is 10.6 Å². The number of primary amides is 1. The molecule has 0 spiro atoms. The van der Waals surface area contributed by atoms with Crippen LogP contribution in [0.3, 0.4) is 0 Å². The third kappa shape index (κ3) is 4.05. The largest absolute Gasteiger partial charge is 0.364 e. The maximum atomic E-state index is 12.3. The molecule has 0 bridgehead atoms. The van der Waals surface area contributed by atoms with E-state index in [-0.39, 0.29) is 10.6 Å². The minimum Gasteiger partial charge on any atom is -0.364 e. The average Bonchev–Trinajstić information content (AvgIpc) is 3.31. The first-order valence-corrected chi connectivity index (χ1v) is 9.95. The highest BCUT2D eigenvalue weighted by atomic mass is 32.2. The Morgan fingerprint density at radius 2 is 1.93 bits per heavy atom.